The average molecular weight is 170 g/mol. The normalized spacial score (nSPS) is 28.1. The van der Waals surface area contributed by atoms with E-state index in [1.165, 1.54) is 12.0 Å². The molecule has 0 saturated carbocycles. The van der Waals surface area contributed by atoms with E-state index >= 15 is 0 Å². The van der Waals surface area contributed by atoms with Gasteiger partial charge < -0.3 is 0 Å². The number of fused-ring (bicyclic) bond motifs is 5. The summed E-state index contributed by atoms with van der Waals surface area (Å²) in [5.74, 6) is 1.48. The standard InChI is InChI=1S/C13H14/c1-2-9-3-6-12-10-4-5-11(8-10)13(12)7-9/h3-7,10-11H,2,8H2,1H3/t10-,11+/m1/s1. The Morgan fingerprint density at radius 2 is 1.92 bits per heavy atom. The van der Waals surface area contributed by atoms with Crippen LogP contribution in [0.5, 0.6) is 0 Å². The fourth-order valence-corrected chi connectivity index (χ4v) is 2.66. The van der Waals surface area contributed by atoms with Crippen LogP contribution in [0.15, 0.2) is 30.4 Å². The van der Waals surface area contributed by atoms with Gasteiger partial charge in [0.2, 0.25) is 0 Å². The highest BCUT2D eigenvalue weighted by Gasteiger charge is 2.32. The van der Waals surface area contributed by atoms with Gasteiger partial charge in [-0.2, -0.15) is 0 Å². The van der Waals surface area contributed by atoms with Crippen LogP contribution in [0.1, 0.15) is 41.9 Å². The molecule has 1 aromatic rings. The number of hydrogen-bond donors (Lipinski definition) is 0. The summed E-state index contributed by atoms with van der Waals surface area (Å²) in [6, 6.07) is 7.03. The third kappa shape index (κ3) is 0.918. The highest BCUT2D eigenvalue weighted by Crippen LogP contribution is 2.48. The van der Waals surface area contributed by atoms with Crippen LogP contribution in [0.4, 0.5) is 0 Å². The Bertz CT molecular complexity index is 374. The van der Waals surface area contributed by atoms with Crippen molar-refractivity contribution in [3.05, 3.63) is 47.0 Å². The van der Waals surface area contributed by atoms with Gasteiger partial charge in [0, 0.05) is 11.8 Å². The lowest BCUT2D eigenvalue weighted by Crippen LogP contribution is -1.94. The molecule has 0 N–H and O–H groups in total. The van der Waals surface area contributed by atoms with Gasteiger partial charge >= 0.3 is 0 Å². The molecular weight excluding hydrogens is 156 g/mol. The van der Waals surface area contributed by atoms with Crippen molar-refractivity contribution in [2.45, 2.75) is 31.6 Å². The molecule has 66 valence electrons. The van der Waals surface area contributed by atoms with Gasteiger partial charge in [-0.1, -0.05) is 37.3 Å². The van der Waals surface area contributed by atoms with Gasteiger partial charge in [-0.3, -0.25) is 0 Å². The summed E-state index contributed by atoms with van der Waals surface area (Å²) in [6.07, 6.45) is 7.25. The zero-order valence-corrected chi connectivity index (χ0v) is 7.96. The van der Waals surface area contributed by atoms with Crippen LogP contribution in [0.3, 0.4) is 0 Å². The zero-order valence-electron chi connectivity index (χ0n) is 7.96. The van der Waals surface area contributed by atoms with E-state index in [-0.39, 0.29) is 0 Å². The van der Waals surface area contributed by atoms with E-state index in [9.17, 15) is 0 Å². The minimum atomic E-state index is 0.742. The SMILES string of the molecule is CCc1ccc2c(c1)[C@H]1C=C[C@@H]2C1. The van der Waals surface area contributed by atoms with E-state index in [1.807, 2.05) is 0 Å². The molecule has 0 fully saturated rings. The molecule has 0 aromatic heterocycles. The largest absolute Gasteiger partial charge is 0.0804 e. The van der Waals surface area contributed by atoms with Crippen LogP contribution < -0.4 is 0 Å². The van der Waals surface area contributed by atoms with Crippen molar-refractivity contribution >= 4 is 0 Å². The maximum absolute atomic E-state index is 2.41. The molecule has 0 heteroatoms. The Hall–Kier alpha value is -1.04. The molecule has 0 unspecified atom stereocenters. The molecule has 13 heavy (non-hydrogen) atoms. The number of rotatable bonds is 1. The quantitative estimate of drug-likeness (QED) is 0.567. The fourth-order valence-electron chi connectivity index (χ4n) is 2.66. The number of aryl methyl sites for hydroxylation is 1. The number of allylic oxidation sites excluding steroid dienone is 2. The molecule has 0 radical (unpaired) electrons. The first-order valence-electron chi connectivity index (χ1n) is 5.19. The Labute approximate surface area is 79.3 Å². The summed E-state index contributed by atoms with van der Waals surface area (Å²) < 4.78 is 0. The molecule has 0 heterocycles. The third-order valence-corrected chi connectivity index (χ3v) is 3.44. The van der Waals surface area contributed by atoms with Crippen LogP contribution in [-0.4, -0.2) is 0 Å². The highest BCUT2D eigenvalue weighted by atomic mass is 14.4. The number of benzene rings is 1. The summed E-state index contributed by atoms with van der Waals surface area (Å²) in [5.41, 5.74) is 4.68. The third-order valence-electron chi connectivity index (χ3n) is 3.44. The Kier molecular flexibility index (Phi) is 1.40. The van der Waals surface area contributed by atoms with Gasteiger partial charge in [0.1, 0.15) is 0 Å². The lowest BCUT2D eigenvalue weighted by Gasteiger charge is -2.11. The molecule has 0 amide bonds. The first kappa shape index (κ1) is 7.37. The molecule has 2 bridgehead atoms. The Balaban J connectivity index is 2.14. The average Bonchev–Trinajstić information content (AvgIpc) is 2.77. The van der Waals surface area contributed by atoms with Gasteiger partial charge in [-0.15, -0.1) is 0 Å². The monoisotopic (exact) mass is 170 g/mol. The summed E-state index contributed by atoms with van der Waals surface area (Å²) in [5, 5.41) is 0. The second-order valence-electron chi connectivity index (χ2n) is 4.15. The summed E-state index contributed by atoms with van der Waals surface area (Å²) in [6.45, 7) is 2.23. The summed E-state index contributed by atoms with van der Waals surface area (Å²) >= 11 is 0. The van der Waals surface area contributed by atoms with E-state index in [1.54, 1.807) is 11.1 Å². The highest BCUT2D eigenvalue weighted by molar-refractivity contribution is 5.49. The molecular formula is C13H14. The lowest BCUT2D eigenvalue weighted by atomic mass is 9.94. The van der Waals surface area contributed by atoms with Crippen LogP contribution in [0.25, 0.3) is 0 Å². The molecule has 3 rings (SSSR count). The molecule has 0 saturated heterocycles. The smallest absolute Gasteiger partial charge is 0.00300 e. The molecule has 2 atom stereocenters. The molecule has 0 aliphatic heterocycles. The van der Waals surface area contributed by atoms with Gasteiger partial charge in [0.15, 0.2) is 0 Å². The van der Waals surface area contributed by atoms with E-state index in [2.05, 4.69) is 37.3 Å². The first-order chi connectivity index (χ1) is 6.38. The van der Waals surface area contributed by atoms with Gasteiger partial charge in [0.25, 0.3) is 0 Å². The van der Waals surface area contributed by atoms with E-state index in [0.717, 1.165) is 18.3 Å². The van der Waals surface area contributed by atoms with Gasteiger partial charge in [0.05, 0.1) is 0 Å². The minimum absolute atomic E-state index is 0.742. The molecule has 2 aliphatic rings. The summed E-state index contributed by atoms with van der Waals surface area (Å²) in [7, 11) is 0. The topological polar surface area (TPSA) is 0 Å². The molecule has 2 aliphatic carbocycles. The van der Waals surface area contributed by atoms with Crippen molar-refractivity contribution in [1.82, 2.24) is 0 Å². The maximum atomic E-state index is 2.41. The van der Waals surface area contributed by atoms with Crippen LogP contribution >= 0.6 is 0 Å². The molecule has 1 aromatic carbocycles. The van der Waals surface area contributed by atoms with Crippen molar-refractivity contribution in [2.24, 2.45) is 0 Å². The predicted octanol–water partition coefficient (Wildman–Crippen LogP) is 3.39. The fraction of sp³-hybridized carbons (Fsp3) is 0.385. The lowest BCUT2D eigenvalue weighted by molar-refractivity contribution is 0.804. The second kappa shape index (κ2) is 2.47. The second-order valence-corrected chi connectivity index (χ2v) is 4.15. The van der Waals surface area contributed by atoms with Crippen LogP contribution in [0.2, 0.25) is 0 Å². The molecule has 0 nitrogen and oxygen atoms in total. The Morgan fingerprint density at radius 1 is 1.15 bits per heavy atom. The van der Waals surface area contributed by atoms with E-state index in [0.29, 0.717) is 0 Å². The Morgan fingerprint density at radius 3 is 2.69 bits per heavy atom. The zero-order chi connectivity index (χ0) is 8.84. The van der Waals surface area contributed by atoms with Crippen molar-refractivity contribution in [3.63, 3.8) is 0 Å². The number of hydrogen-bond acceptors (Lipinski definition) is 0. The van der Waals surface area contributed by atoms with Crippen molar-refractivity contribution < 1.29 is 0 Å². The predicted molar refractivity (Wildman–Crippen MR) is 55.1 cm³/mol. The summed E-state index contributed by atoms with van der Waals surface area (Å²) in [4.78, 5) is 0. The van der Waals surface area contributed by atoms with E-state index < -0.39 is 0 Å². The van der Waals surface area contributed by atoms with Crippen LogP contribution in [0, 0.1) is 0 Å². The first-order valence-corrected chi connectivity index (χ1v) is 5.19. The van der Waals surface area contributed by atoms with Gasteiger partial charge in [-0.05, 0) is 29.5 Å². The van der Waals surface area contributed by atoms with Gasteiger partial charge in [-0.25, -0.2) is 0 Å². The van der Waals surface area contributed by atoms with Crippen molar-refractivity contribution in [1.29, 1.82) is 0 Å². The van der Waals surface area contributed by atoms with Crippen molar-refractivity contribution in [2.75, 3.05) is 0 Å². The minimum Gasteiger partial charge on any atom is -0.0804 e. The van der Waals surface area contributed by atoms with E-state index in [4.69, 9.17) is 0 Å². The van der Waals surface area contributed by atoms with Crippen LogP contribution in [-0.2, 0) is 6.42 Å². The van der Waals surface area contributed by atoms with Crippen molar-refractivity contribution in [3.8, 4) is 0 Å². The molecule has 0 spiro atoms. The maximum Gasteiger partial charge on any atom is 0.00300 e.